The molecule has 0 saturated carbocycles. The van der Waals surface area contributed by atoms with Gasteiger partial charge in [0.05, 0.1) is 18.5 Å². The number of amides is 1. The van der Waals surface area contributed by atoms with Crippen LogP contribution in [0.2, 0.25) is 0 Å². The first-order valence-electron chi connectivity index (χ1n) is 7.88. The molecule has 0 radical (unpaired) electrons. The number of ether oxygens (including phenoxy) is 1. The fraction of sp³-hybridized carbons (Fsp3) is 0.0526. The first kappa shape index (κ1) is 17.1. The molecule has 3 aromatic rings. The summed E-state index contributed by atoms with van der Waals surface area (Å²) in [5.41, 5.74) is 14.9. The zero-order chi connectivity index (χ0) is 18.5. The van der Waals surface area contributed by atoms with Crippen molar-refractivity contribution in [3.8, 4) is 17.0 Å². The van der Waals surface area contributed by atoms with Gasteiger partial charge < -0.3 is 10.5 Å². The molecule has 0 aliphatic carbocycles. The number of nitrogens with one attached hydrogen (secondary N) is 3. The molecule has 2 aromatic carbocycles. The number of aromatic amines is 1. The molecule has 5 N–H and O–H groups in total. The number of anilines is 1. The maximum Gasteiger partial charge on any atom is 0.287 e. The van der Waals surface area contributed by atoms with Crippen molar-refractivity contribution in [1.82, 2.24) is 21.0 Å². The minimum Gasteiger partial charge on any atom is -0.497 e. The SMILES string of the molecule is C=C(NNC(=O)c1cc(-c2ccc(OC)cc2)n[nH]1)c1ccc(N)cc1. The van der Waals surface area contributed by atoms with Gasteiger partial charge in [-0.25, -0.2) is 0 Å². The van der Waals surface area contributed by atoms with E-state index in [1.54, 1.807) is 25.3 Å². The number of nitrogens with two attached hydrogens (primary N) is 1. The third-order valence-corrected chi connectivity index (χ3v) is 3.79. The molecular weight excluding hydrogens is 330 g/mol. The standard InChI is InChI=1S/C19H19N5O2/c1-12(13-3-7-15(20)8-4-13)21-24-19(25)18-11-17(22-23-18)14-5-9-16(26-2)10-6-14/h3-11,21H,1,20H2,2H3,(H,22,23)(H,24,25). The number of benzene rings is 2. The van der Waals surface area contributed by atoms with E-state index in [9.17, 15) is 4.79 Å². The van der Waals surface area contributed by atoms with E-state index in [0.29, 0.717) is 22.8 Å². The Hall–Kier alpha value is -3.74. The van der Waals surface area contributed by atoms with E-state index in [-0.39, 0.29) is 5.91 Å². The molecule has 1 heterocycles. The Balaban J connectivity index is 1.62. The molecule has 7 nitrogen and oxygen atoms in total. The number of carbonyl (C=O) groups excluding carboxylic acids is 1. The second kappa shape index (κ2) is 7.43. The number of aromatic nitrogens is 2. The molecule has 0 atom stereocenters. The largest absolute Gasteiger partial charge is 0.497 e. The number of rotatable bonds is 6. The highest BCUT2D eigenvalue weighted by Crippen LogP contribution is 2.21. The highest BCUT2D eigenvalue weighted by Gasteiger charge is 2.11. The lowest BCUT2D eigenvalue weighted by Gasteiger charge is -2.10. The van der Waals surface area contributed by atoms with Crippen molar-refractivity contribution < 1.29 is 9.53 Å². The van der Waals surface area contributed by atoms with Gasteiger partial charge in [0, 0.05) is 11.3 Å². The number of nitrogen functional groups attached to an aromatic ring is 1. The van der Waals surface area contributed by atoms with Crippen LogP contribution in [0, 0.1) is 0 Å². The summed E-state index contributed by atoms with van der Waals surface area (Å²) >= 11 is 0. The van der Waals surface area contributed by atoms with Gasteiger partial charge in [-0.15, -0.1) is 0 Å². The molecule has 7 heteroatoms. The zero-order valence-electron chi connectivity index (χ0n) is 14.2. The molecule has 0 saturated heterocycles. The lowest BCUT2D eigenvalue weighted by atomic mass is 10.1. The molecule has 0 unspecified atom stereocenters. The average molecular weight is 349 g/mol. The predicted molar refractivity (Wildman–Crippen MR) is 101 cm³/mol. The van der Waals surface area contributed by atoms with Gasteiger partial charge in [0.25, 0.3) is 5.91 Å². The maximum atomic E-state index is 12.3. The van der Waals surface area contributed by atoms with Gasteiger partial charge in [-0.3, -0.25) is 20.7 Å². The van der Waals surface area contributed by atoms with Gasteiger partial charge in [-0.2, -0.15) is 5.10 Å². The fourth-order valence-corrected chi connectivity index (χ4v) is 2.30. The van der Waals surface area contributed by atoms with Gasteiger partial charge in [-0.1, -0.05) is 18.7 Å². The molecular formula is C19H19N5O2. The van der Waals surface area contributed by atoms with Crippen LogP contribution in [0.3, 0.4) is 0 Å². The highest BCUT2D eigenvalue weighted by molar-refractivity contribution is 5.93. The van der Waals surface area contributed by atoms with Crippen LogP contribution in [0.15, 0.2) is 61.2 Å². The second-order valence-electron chi connectivity index (χ2n) is 5.58. The van der Waals surface area contributed by atoms with Gasteiger partial charge in [-0.05, 0) is 48.0 Å². The van der Waals surface area contributed by atoms with E-state index in [2.05, 4.69) is 27.6 Å². The predicted octanol–water partition coefficient (Wildman–Crippen LogP) is 2.57. The molecule has 26 heavy (non-hydrogen) atoms. The third kappa shape index (κ3) is 3.84. The van der Waals surface area contributed by atoms with E-state index in [4.69, 9.17) is 10.5 Å². The minimum absolute atomic E-state index is 0.327. The van der Waals surface area contributed by atoms with Crippen LogP contribution in [0.1, 0.15) is 16.1 Å². The fourth-order valence-electron chi connectivity index (χ4n) is 2.30. The molecule has 3 rings (SSSR count). The summed E-state index contributed by atoms with van der Waals surface area (Å²) in [5, 5.41) is 6.89. The summed E-state index contributed by atoms with van der Waals surface area (Å²) in [4.78, 5) is 12.3. The summed E-state index contributed by atoms with van der Waals surface area (Å²) in [7, 11) is 1.61. The minimum atomic E-state index is -0.353. The quantitative estimate of drug-likeness (QED) is 0.404. The first-order valence-corrected chi connectivity index (χ1v) is 7.88. The molecule has 1 aromatic heterocycles. The number of methoxy groups -OCH3 is 1. The smallest absolute Gasteiger partial charge is 0.287 e. The highest BCUT2D eigenvalue weighted by atomic mass is 16.5. The lowest BCUT2D eigenvalue weighted by molar-refractivity contribution is 0.0937. The number of hydrogen-bond acceptors (Lipinski definition) is 5. The van der Waals surface area contributed by atoms with E-state index < -0.39 is 0 Å². The van der Waals surface area contributed by atoms with Crippen LogP contribution in [-0.4, -0.2) is 23.2 Å². The summed E-state index contributed by atoms with van der Waals surface area (Å²) in [6, 6.07) is 16.2. The van der Waals surface area contributed by atoms with E-state index in [0.717, 1.165) is 16.9 Å². The van der Waals surface area contributed by atoms with Crippen molar-refractivity contribution in [2.24, 2.45) is 0 Å². The van der Waals surface area contributed by atoms with Gasteiger partial charge >= 0.3 is 0 Å². The topological polar surface area (TPSA) is 105 Å². The molecule has 132 valence electrons. The van der Waals surface area contributed by atoms with Gasteiger partial charge in [0.15, 0.2) is 0 Å². The summed E-state index contributed by atoms with van der Waals surface area (Å²) in [6.45, 7) is 3.89. The van der Waals surface area contributed by atoms with Crippen molar-refractivity contribution in [2.45, 2.75) is 0 Å². The van der Waals surface area contributed by atoms with E-state index in [1.807, 2.05) is 36.4 Å². The van der Waals surface area contributed by atoms with Gasteiger partial charge in [0.1, 0.15) is 11.4 Å². The Morgan fingerprint density at radius 2 is 1.81 bits per heavy atom. The molecule has 0 aliphatic rings. The van der Waals surface area contributed by atoms with Crippen molar-refractivity contribution >= 4 is 17.3 Å². The monoisotopic (exact) mass is 349 g/mol. The van der Waals surface area contributed by atoms with Gasteiger partial charge in [0.2, 0.25) is 0 Å². The van der Waals surface area contributed by atoms with Crippen LogP contribution < -0.4 is 21.3 Å². The Labute approximate surface area is 150 Å². The number of H-pyrrole nitrogens is 1. The van der Waals surface area contributed by atoms with Crippen molar-refractivity contribution in [1.29, 1.82) is 0 Å². The second-order valence-corrected chi connectivity index (χ2v) is 5.58. The molecule has 0 aliphatic heterocycles. The number of hydrogen-bond donors (Lipinski definition) is 4. The van der Waals surface area contributed by atoms with E-state index >= 15 is 0 Å². The van der Waals surface area contributed by atoms with Crippen LogP contribution >= 0.6 is 0 Å². The lowest BCUT2D eigenvalue weighted by Crippen LogP contribution is -2.36. The number of carbonyl (C=O) groups is 1. The van der Waals surface area contributed by atoms with Crippen LogP contribution in [0.4, 0.5) is 5.69 Å². The van der Waals surface area contributed by atoms with Crippen LogP contribution in [0.5, 0.6) is 5.75 Å². The Morgan fingerprint density at radius 3 is 2.46 bits per heavy atom. The molecule has 0 fully saturated rings. The third-order valence-electron chi connectivity index (χ3n) is 3.79. The Kier molecular flexibility index (Phi) is 4.89. The zero-order valence-corrected chi connectivity index (χ0v) is 14.2. The summed E-state index contributed by atoms with van der Waals surface area (Å²) in [6.07, 6.45) is 0. The van der Waals surface area contributed by atoms with Crippen LogP contribution in [-0.2, 0) is 0 Å². The number of nitrogens with zero attached hydrogens (tertiary/aromatic N) is 1. The summed E-state index contributed by atoms with van der Waals surface area (Å²) in [5.74, 6) is 0.404. The van der Waals surface area contributed by atoms with E-state index in [1.165, 1.54) is 0 Å². The van der Waals surface area contributed by atoms with Crippen molar-refractivity contribution in [2.75, 3.05) is 12.8 Å². The van der Waals surface area contributed by atoms with Crippen molar-refractivity contribution in [3.05, 3.63) is 72.4 Å². The molecule has 1 amide bonds. The van der Waals surface area contributed by atoms with Crippen LogP contribution in [0.25, 0.3) is 17.0 Å². The first-order chi connectivity index (χ1) is 12.6. The average Bonchev–Trinajstić information content (AvgIpc) is 3.17. The normalized spacial score (nSPS) is 10.2. The molecule has 0 spiro atoms. The maximum absolute atomic E-state index is 12.3. The molecule has 0 bridgehead atoms. The Morgan fingerprint density at radius 1 is 1.12 bits per heavy atom. The summed E-state index contributed by atoms with van der Waals surface area (Å²) < 4.78 is 5.13. The number of hydrazine groups is 1. The van der Waals surface area contributed by atoms with Crippen molar-refractivity contribution in [3.63, 3.8) is 0 Å². The Bertz CT molecular complexity index is 914.